The lowest BCUT2D eigenvalue weighted by Gasteiger charge is -2.23. The fourth-order valence-electron chi connectivity index (χ4n) is 2.08. The Labute approximate surface area is 117 Å². The van der Waals surface area contributed by atoms with Crippen molar-refractivity contribution in [3.63, 3.8) is 0 Å². The van der Waals surface area contributed by atoms with E-state index in [1.165, 1.54) is 6.07 Å². The number of carbonyl (C=O) groups excluding carboxylic acids is 1. The molecule has 108 valence electrons. The highest BCUT2D eigenvalue weighted by atomic mass is 16.5. The van der Waals surface area contributed by atoms with Crippen molar-refractivity contribution < 1.29 is 19.4 Å². The predicted molar refractivity (Wildman–Crippen MR) is 72.6 cm³/mol. The van der Waals surface area contributed by atoms with Gasteiger partial charge in [0.1, 0.15) is 0 Å². The quantitative estimate of drug-likeness (QED) is 0.776. The molecule has 6 nitrogen and oxygen atoms in total. The summed E-state index contributed by atoms with van der Waals surface area (Å²) < 4.78 is 5.26. The van der Waals surface area contributed by atoms with Crippen LogP contribution in [0.3, 0.4) is 0 Å². The molecule has 1 aliphatic heterocycles. The van der Waals surface area contributed by atoms with Crippen molar-refractivity contribution in [2.24, 2.45) is 0 Å². The van der Waals surface area contributed by atoms with Crippen LogP contribution >= 0.6 is 0 Å². The number of rotatable bonds is 4. The molecule has 1 unspecified atom stereocenters. The monoisotopic (exact) mass is 278 g/mol. The van der Waals surface area contributed by atoms with E-state index in [2.05, 4.69) is 10.6 Å². The number of hydrogen-bond donors (Lipinski definition) is 3. The van der Waals surface area contributed by atoms with E-state index in [4.69, 9.17) is 9.84 Å². The fraction of sp³-hybridized carbons (Fsp3) is 0.429. The number of carboxylic acid groups (broad SMARTS) is 1. The van der Waals surface area contributed by atoms with Gasteiger partial charge in [-0.15, -0.1) is 0 Å². The number of carboxylic acids is 1. The van der Waals surface area contributed by atoms with E-state index in [1.807, 2.05) is 6.92 Å². The third kappa shape index (κ3) is 3.71. The van der Waals surface area contributed by atoms with Crippen LogP contribution in [0.4, 0.5) is 4.79 Å². The molecule has 1 atom stereocenters. The predicted octanol–water partition coefficient (Wildman–Crippen LogP) is 1.36. The Morgan fingerprint density at radius 2 is 2.25 bits per heavy atom. The number of benzene rings is 1. The summed E-state index contributed by atoms with van der Waals surface area (Å²) in [6, 6.07) is 6.21. The van der Waals surface area contributed by atoms with Crippen molar-refractivity contribution >= 4 is 12.0 Å². The molecule has 1 saturated heterocycles. The zero-order chi connectivity index (χ0) is 14.6. The molecule has 0 radical (unpaired) electrons. The van der Waals surface area contributed by atoms with Gasteiger partial charge < -0.3 is 20.5 Å². The summed E-state index contributed by atoms with van der Waals surface area (Å²) in [6.07, 6.45) is 0.787. The number of carbonyl (C=O) groups is 2. The van der Waals surface area contributed by atoms with Crippen LogP contribution in [0.1, 0.15) is 29.3 Å². The molecular weight excluding hydrogens is 260 g/mol. The summed E-state index contributed by atoms with van der Waals surface area (Å²) in [4.78, 5) is 22.7. The molecule has 0 aromatic heterocycles. The lowest BCUT2D eigenvalue weighted by atomic mass is 10.0. The van der Waals surface area contributed by atoms with Gasteiger partial charge in [0.15, 0.2) is 0 Å². The van der Waals surface area contributed by atoms with E-state index in [9.17, 15) is 9.59 Å². The van der Waals surface area contributed by atoms with Crippen LogP contribution < -0.4 is 10.6 Å². The second-order valence-electron chi connectivity index (χ2n) is 5.18. The summed E-state index contributed by atoms with van der Waals surface area (Å²) in [5.41, 5.74) is 0.626. The standard InChI is InChI=1S/C14H18N2O4/c1-14(5-6-20-9-14)16-13(19)15-8-10-3-2-4-11(7-10)12(17)18/h2-4,7H,5-6,8-9H2,1H3,(H,17,18)(H2,15,16,19). The second kappa shape index (κ2) is 5.92. The number of nitrogens with one attached hydrogen (secondary N) is 2. The average molecular weight is 278 g/mol. The van der Waals surface area contributed by atoms with E-state index < -0.39 is 5.97 Å². The first-order valence-electron chi connectivity index (χ1n) is 6.44. The van der Waals surface area contributed by atoms with Crippen molar-refractivity contribution in [2.45, 2.75) is 25.4 Å². The molecule has 0 saturated carbocycles. The van der Waals surface area contributed by atoms with Crippen molar-refractivity contribution in [2.75, 3.05) is 13.2 Å². The van der Waals surface area contributed by atoms with Gasteiger partial charge in [-0.2, -0.15) is 0 Å². The van der Waals surface area contributed by atoms with Gasteiger partial charge in [-0.05, 0) is 31.0 Å². The van der Waals surface area contributed by atoms with Gasteiger partial charge >= 0.3 is 12.0 Å². The summed E-state index contributed by atoms with van der Waals surface area (Å²) in [5, 5.41) is 14.5. The molecule has 3 N–H and O–H groups in total. The molecule has 0 spiro atoms. The molecule has 1 aromatic carbocycles. The maximum atomic E-state index is 11.8. The molecule has 2 rings (SSSR count). The summed E-state index contributed by atoms with van der Waals surface area (Å²) >= 11 is 0. The largest absolute Gasteiger partial charge is 0.478 e. The lowest BCUT2D eigenvalue weighted by Crippen LogP contribution is -2.50. The Balaban J connectivity index is 1.87. The van der Waals surface area contributed by atoms with Gasteiger partial charge in [0, 0.05) is 13.2 Å². The molecule has 6 heteroatoms. The molecule has 1 heterocycles. The minimum atomic E-state index is -0.980. The van der Waals surface area contributed by atoms with Crippen LogP contribution in [0.2, 0.25) is 0 Å². The molecule has 0 bridgehead atoms. The Morgan fingerprint density at radius 1 is 1.45 bits per heavy atom. The van der Waals surface area contributed by atoms with Gasteiger partial charge in [-0.3, -0.25) is 0 Å². The molecule has 1 fully saturated rings. The van der Waals surface area contributed by atoms with E-state index in [-0.39, 0.29) is 23.7 Å². The average Bonchev–Trinajstić information content (AvgIpc) is 2.83. The highest BCUT2D eigenvalue weighted by molar-refractivity contribution is 5.87. The third-order valence-corrected chi connectivity index (χ3v) is 3.26. The van der Waals surface area contributed by atoms with Crippen LogP contribution in [0.5, 0.6) is 0 Å². The van der Waals surface area contributed by atoms with Crippen molar-refractivity contribution in [1.29, 1.82) is 0 Å². The SMILES string of the molecule is CC1(NC(=O)NCc2cccc(C(=O)O)c2)CCOC1. The Kier molecular flexibility index (Phi) is 4.24. The van der Waals surface area contributed by atoms with Crippen LogP contribution in [-0.2, 0) is 11.3 Å². The van der Waals surface area contributed by atoms with Gasteiger partial charge in [0.05, 0.1) is 17.7 Å². The van der Waals surface area contributed by atoms with Gasteiger partial charge in [-0.25, -0.2) is 9.59 Å². The summed E-state index contributed by atoms with van der Waals surface area (Å²) in [7, 11) is 0. The van der Waals surface area contributed by atoms with Gasteiger partial charge in [-0.1, -0.05) is 12.1 Å². The molecule has 1 aromatic rings. The normalized spacial score (nSPS) is 21.4. The number of ether oxygens (including phenoxy) is 1. The van der Waals surface area contributed by atoms with E-state index in [0.29, 0.717) is 13.2 Å². The van der Waals surface area contributed by atoms with E-state index >= 15 is 0 Å². The Bertz CT molecular complexity index is 510. The van der Waals surface area contributed by atoms with E-state index in [0.717, 1.165) is 12.0 Å². The van der Waals surface area contributed by atoms with Crippen molar-refractivity contribution in [3.05, 3.63) is 35.4 Å². The maximum absolute atomic E-state index is 11.8. The smallest absolute Gasteiger partial charge is 0.335 e. The van der Waals surface area contributed by atoms with Crippen LogP contribution in [0.25, 0.3) is 0 Å². The molecule has 0 aliphatic carbocycles. The third-order valence-electron chi connectivity index (χ3n) is 3.26. The zero-order valence-corrected chi connectivity index (χ0v) is 11.3. The highest BCUT2D eigenvalue weighted by Gasteiger charge is 2.31. The van der Waals surface area contributed by atoms with Crippen LogP contribution in [0.15, 0.2) is 24.3 Å². The first-order valence-corrected chi connectivity index (χ1v) is 6.44. The Hall–Kier alpha value is -2.08. The minimum absolute atomic E-state index is 0.209. The molecular formula is C14H18N2O4. The highest BCUT2D eigenvalue weighted by Crippen LogP contribution is 2.17. The molecule has 20 heavy (non-hydrogen) atoms. The second-order valence-corrected chi connectivity index (χ2v) is 5.18. The first kappa shape index (κ1) is 14.3. The number of urea groups is 1. The van der Waals surface area contributed by atoms with Crippen molar-refractivity contribution in [3.8, 4) is 0 Å². The first-order chi connectivity index (χ1) is 9.48. The fourth-order valence-corrected chi connectivity index (χ4v) is 2.08. The van der Waals surface area contributed by atoms with E-state index in [1.54, 1.807) is 18.2 Å². The maximum Gasteiger partial charge on any atom is 0.335 e. The Morgan fingerprint density at radius 3 is 2.90 bits per heavy atom. The van der Waals surface area contributed by atoms with Crippen molar-refractivity contribution in [1.82, 2.24) is 10.6 Å². The zero-order valence-electron chi connectivity index (χ0n) is 11.3. The van der Waals surface area contributed by atoms with Gasteiger partial charge in [0.25, 0.3) is 0 Å². The summed E-state index contributed by atoms with van der Waals surface area (Å²) in [6.45, 7) is 3.38. The molecule has 2 amide bonds. The van der Waals surface area contributed by atoms with Gasteiger partial charge in [0.2, 0.25) is 0 Å². The number of hydrogen-bond acceptors (Lipinski definition) is 3. The van der Waals surface area contributed by atoms with Crippen LogP contribution in [0, 0.1) is 0 Å². The lowest BCUT2D eigenvalue weighted by molar-refractivity contribution is 0.0696. The summed E-state index contributed by atoms with van der Waals surface area (Å²) in [5.74, 6) is -0.980. The minimum Gasteiger partial charge on any atom is -0.478 e. The number of amides is 2. The van der Waals surface area contributed by atoms with Crippen LogP contribution in [-0.4, -0.2) is 35.9 Å². The number of aromatic carboxylic acids is 1. The molecule has 1 aliphatic rings. The topological polar surface area (TPSA) is 87.7 Å².